The van der Waals surface area contributed by atoms with Gasteiger partial charge in [0.15, 0.2) is 24.7 Å². The molecule has 0 bridgehead atoms. The van der Waals surface area contributed by atoms with E-state index >= 15 is 0 Å². The van der Waals surface area contributed by atoms with Crippen molar-refractivity contribution in [3.63, 3.8) is 0 Å². The van der Waals surface area contributed by atoms with Gasteiger partial charge in [-0.2, -0.15) is 0 Å². The van der Waals surface area contributed by atoms with Crippen molar-refractivity contribution in [1.29, 1.82) is 0 Å². The largest absolute Gasteiger partial charge is 0.493 e. The first kappa shape index (κ1) is 24.5. The van der Waals surface area contributed by atoms with Gasteiger partial charge in [-0.15, -0.1) is 0 Å². The van der Waals surface area contributed by atoms with Crippen LogP contribution in [0, 0.1) is 6.92 Å². The highest BCUT2D eigenvalue weighted by atomic mass is 16.6. The van der Waals surface area contributed by atoms with Crippen LogP contribution in [0.25, 0.3) is 0 Å². The topological polar surface area (TPSA) is 112 Å². The van der Waals surface area contributed by atoms with E-state index in [-0.39, 0.29) is 18.1 Å². The Morgan fingerprint density at radius 2 is 1.59 bits per heavy atom. The van der Waals surface area contributed by atoms with Crippen LogP contribution in [0.4, 0.5) is 0 Å². The number of esters is 1. The van der Waals surface area contributed by atoms with E-state index < -0.39 is 24.4 Å². The summed E-state index contributed by atoms with van der Waals surface area (Å²) >= 11 is 0. The fraction of sp³-hybridized carbons (Fsp3) is 0.348. The molecule has 0 saturated carbocycles. The van der Waals surface area contributed by atoms with Gasteiger partial charge < -0.3 is 18.9 Å². The SMILES string of the molecule is COc1ccc(C(=O)NNC(=O)COC(=O)COc2cc(C)ccc2C(C)C)cc1OC. The molecule has 0 saturated heterocycles. The Labute approximate surface area is 187 Å². The summed E-state index contributed by atoms with van der Waals surface area (Å²) in [5.41, 5.74) is 6.63. The number of amides is 2. The van der Waals surface area contributed by atoms with Gasteiger partial charge in [0, 0.05) is 5.56 Å². The normalized spacial score (nSPS) is 10.3. The molecule has 0 spiro atoms. The lowest BCUT2D eigenvalue weighted by atomic mass is 10.0. The zero-order valence-corrected chi connectivity index (χ0v) is 18.8. The van der Waals surface area contributed by atoms with E-state index in [2.05, 4.69) is 10.9 Å². The Hall–Kier alpha value is -3.75. The molecular weight excluding hydrogens is 416 g/mol. The van der Waals surface area contributed by atoms with Crippen LogP contribution in [-0.2, 0) is 14.3 Å². The van der Waals surface area contributed by atoms with Gasteiger partial charge in [0.05, 0.1) is 14.2 Å². The molecule has 172 valence electrons. The number of ether oxygens (including phenoxy) is 4. The molecule has 0 aliphatic rings. The standard InChI is InChI=1S/C23H28N2O7/c1-14(2)17-8-6-15(3)10-19(17)31-13-22(27)32-12-21(26)24-25-23(28)16-7-9-18(29-4)20(11-16)30-5/h6-11,14H,12-13H2,1-5H3,(H,24,26)(H,25,28). The maximum Gasteiger partial charge on any atom is 0.344 e. The predicted octanol–water partition coefficient (Wildman–Crippen LogP) is 2.52. The Kier molecular flexibility index (Phi) is 8.88. The first-order chi connectivity index (χ1) is 15.2. The summed E-state index contributed by atoms with van der Waals surface area (Å²) in [6.45, 7) is 5.07. The molecule has 2 aromatic rings. The molecule has 0 atom stereocenters. The molecule has 9 heteroatoms. The molecule has 0 aromatic heterocycles. The smallest absolute Gasteiger partial charge is 0.344 e. The minimum absolute atomic E-state index is 0.224. The van der Waals surface area contributed by atoms with Crippen molar-refractivity contribution in [2.24, 2.45) is 0 Å². The average Bonchev–Trinajstić information content (AvgIpc) is 2.78. The number of carbonyl (C=O) groups is 3. The number of nitrogens with one attached hydrogen (secondary N) is 2. The molecule has 0 radical (unpaired) electrons. The minimum atomic E-state index is -0.706. The zero-order valence-electron chi connectivity index (χ0n) is 18.8. The molecule has 0 heterocycles. The highest BCUT2D eigenvalue weighted by Crippen LogP contribution is 2.28. The molecule has 2 aromatic carbocycles. The van der Waals surface area contributed by atoms with Gasteiger partial charge in [0.1, 0.15) is 5.75 Å². The van der Waals surface area contributed by atoms with Crippen molar-refractivity contribution in [2.45, 2.75) is 26.7 Å². The Balaban J connectivity index is 1.79. The number of aryl methyl sites for hydroxylation is 1. The first-order valence-corrected chi connectivity index (χ1v) is 9.95. The van der Waals surface area contributed by atoms with E-state index in [9.17, 15) is 14.4 Å². The monoisotopic (exact) mass is 444 g/mol. The van der Waals surface area contributed by atoms with Crippen molar-refractivity contribution < 1.29 is 33.3 Å². The Morgan fingerprint density at radius 3 is 2.25 bits per heavy atom. The van der Waals surface area contributed by atoms with Gasteiger partial charge in [-0.25, -0.2) is 4.79 Å². The Morgan fingerprint density at radius 1 is 0.875 bits per heavy atom. The third-order valence-electron chi connectivity index (χ3n) is 4.46. The van der Waals surface area contributed by atoms with E-state index in [1.54, 1.807) is 6.07 Å². The third-order valence-corrected chi connectivity index (χ3v) is 4.46. The lowest BCUT2D eigenvalue weighted by molar-refractivity contribution is -0.150. The number of methoxy groups -OCH3 is 2. The summed E-state index contributed by atoms with van der Waals surface area (Å²) in [4.78, 5) is 36.0. The Bertz CT molecular complexity index is 973. The molecule has 9 nitrogen and oxygen atoms in total. The number of carbonyl (C=O) groups excluding carboxylic acids is 3. The second-order valence-corrected chi connectivity index (χ2v) is 7.22. The summed E-state index contributed by atoms with van der Waals surface area (Å²) in [5.74, 6) is -0.323. The average molecular weight is 444 g/mol. The van der Waals surface area contributed by atoms with Crippen molar-refractivity contribution in [3.8, 4) is 17.2 Å². The van der Waals surface area contributed by atoms with Crippen LogP contribution in [0.15, 0.2) is 36.4 Å². The molecule has 0 unspecified atom stereocenters. The van der Waals surface area contributed by atoms with Gasteiger partial charge >= 0.3 is 5.97 Å². The van der Waals surface area contributed by atoms with Crippen LogP contribution in [-0.4, -0.2) is 45.2 Å². The number of hydrogen-bond donors (Lipinski definition) is 2. The van der Waals surface area contributed by atoms with Gasteiger partial charge in [0.25, 0.3) is 11.8 Å². The van der Waals surface area contributed by atoms with Gasteiger partial charge in [-0.1, -0.05) is 26.0 Å². The van der Waals surface area contributed by atoms with Gasteiger partial charge in [-0.3, -0.25) is 20.4 Å². The first-order valence-electron chi connectivity index (χ1n) is 9.95. The fourth-order valence-corrected chi connectivity index (χ4v) is 2.78. The van der Waals surface area contributed by atoms with Crippen LogP contribution < -0.4 is 25.1 Å². The van der Waals surface area contributed by atoms with E-state index in [1.165, 1.54) is 26.4 Å². The highest BCUT2D eigenvalue weighted by molar-refractivity contribution is 5.96. The number of benzene rings is 2. The second kappa shape index (κ2) is 11.6. The van der Waals surface area contributed by atoms with E-state index in [4.69, 9.17) is 18.9 Å². The van der Waals surface area contributed by atoms with Crippen LogP contribution in [0.3, 0.4) is 0 Å². The van der Waals surface area contributed by atoms with Crippen LogP contribution >= 0.6 is 0 Å². The van der Waals surface area contributed by atoms with Crippen LogP contribution in [0.5, 0.6) is 17.2 Å². The summed E-state index contributed by atoms with van der Waals surface area (Å²) in [6.07, 6.45) is 0. The van der Waals surface area contributed by atoms with Gasteiger partial charge in [0.2, 0.25) is 0 Å². The number of hydrogen-bond acceptors (Lipinski definition) is 7. The van der Waals surface area contributed by atoms with Crippen LogP contribution in [0.1, 0.15) is 41.3 Å². The number of rotatable bonds is 9. The maximum atomic E-state index is 12.2. The fourth-order valence-electron chi connectivity index (χ4n) is 2.78. The van der Waals surface area contributed by atoms with Crippen LogP contribution in [0.2, 0.25) is 0 Å². The molecule has 0 aliphatic heterocycles. The third kappa shape index (κ3) is 6.90. The summed E-state index contributed by atoms with van der Waals surface area (Å²) < 4.78 is 20.7. The van der Waals surface area contributed by atoms with E-state index in [0.29, 0.717) is 17.2 Å². The molecular formula is C23H28N2O7. The van der Waals surface area contributed by atoms with Crippen molar-refractivity contribution >= 4 is 17.8 Å². The zero-order chi connectivity index (χ0) is 23.7. The van der Waals surface area contributed by atoms with Crippen molar-refractivity contribution in [1.82, 2.24) is 10.9 Å². The minimum Gasteiger partial charge on any atom is -0.493 e. The predicted molar refractivity (Wildman–Crippen MR) is 117 cm³/mol. The number of hydrazine groups is 1. The van der Waals surface area contributed by atoms with E-state index in [0.717, 1.165) is 11.1 Å². The summed E-state index contributed by atoms with van der Waals surface area (Å²) in [6, 6.07) is 10.3. The maximum absolute atomic E-state index is 12.2. The molecule has 2 N–H and O–H groups in total. The van der Waals surface area contributed by atoms with Crippen molar-refractivity contribution in [2.75, 3.05) is 27.4 Å². The quantitative estimate of drug-likeness (QED) is 0.451. The van der Waals surface area contributed by atoms with Gasteiger partial charge in [-0.05, 0) is 48.2 Å². The van der Waals surface area contributed by atoms with Crippen molar-refractivity contribution in [3.05, 3.63) is 53.1 Å². The molecule has 0 fully saturated rings. The second-order valence-electron chi connectivity index (χ2n) is 7.22. The lowest BCUT2D eigenvalue weighted by Gasteiger charge is -2.14. The molecule has 2 amide bonds. The molecule has 0 aliphatic carbocycles. The summed E-state index contributed by atoms with van der Waals surface area (Å²) in [7, 11) is 2.93. The molecule has 2 rings (SSSR count). The summed E-state index contributed by atoms with van der Waals surface area (Å²) in [5, 5.41) is 0. The highest BCUT2D eigenvalue weighted by Gasteiger charge is 2.14. The molecule has 32 heavy (non-hydrogen) atoms. The van der Waals surface area contributed by atoms with E-state index in [1.807, 2.05) is 39.0 Å². The lowest BCUT2D eigenvalue weighted by Crippen LogP contribution is -2.43.